The maximum absolute atomic E-state index is 12.5. The molecule has 0 spiro atoms. The fourth-order valence-corrected chi connectivity index (χ4v) is 4.75. The summed E-state index contributed by atoms with van der Waals surface area (Å²) < 4.78 is 11.4. The third-order valence-corrected chi connectivity index (χ3v) is 6.07. The molecule has 2 unspecified atom stereocenters. The lowest BCUT2D eigenvalue weighted by atomic mass is 9.75. The number of carbonyl (C=O) groups excluding carboxylic acids is 1. The molecule has 0 aromatic heterocycles. The Morgan fingerprint density at radius 2 is 2.04 bits per heavy atom. The van der Waals surface area contributed by atoms with E-state index in [9.17, 15) is 4.79 Å². The second kappa shape index (κ2) is 8.05. The Kier molecular flexibility index (Phi) is 5.95. The maximum atomic E-state index is 12.5. The summed E-state index contributed by atoms with van der Waals surface area (Å²) in [6, 6.07) is 9.17. The van der Waals surface area contributed by atoms with Gasteiger partial charge in [0.25, 0.3) is 0 Å². The van der Waals surface area contributed by atoms with Gasteiger partial charge in [-0.15, -0.1) is 0 Å². The molecule has 0 N–H and O–H groups in total. The van der Waals surface area contributed by atoms with E-state index < -0.39 is 5.41 Å². The SMILES string of the molecule is C=C1CC2COC(=O)C2(Cc2cccc(OCCN(C(C)C)C(C)C)c2)C1. The van der Waals surface area contributed by atoms with E-state index in [0.717, 1.165) is 30.7 Å². The van der Waals surface area contributed by atoms with Crippen molar-refractivity contribution < 1.29 is 14.3 Å². The van der Waals surface area contributed by atoms with E-state index in [4.69, 9.17) is 9.47 Å². The third-order valence-electron chi connectivity index (χ3n) is 6.07. The van der Waals surface area contributed by atoms with Crippen molar-refractivity contribution in [2.75, 3.05) is 19.8 Å². The molecule has 27 heavy (non-hydrogen) atoms. The highest BCUT2D eigenvalue weighted by atomic mass is 16.5. The summed E-state index contributed by atoms with van der Waals surface area (Å²) in [5.74, 6) is 1.09. The Morgan fingerprint density at radius 3 is 2.74 bits per heavy atom. The predicted molar refractivity (Wildman–Crippen MR) is 108 cm³/mol. The zero-order valence-corrected chi connectivity index (χ0v) is 17.2. The lowest BCUT2D eigenvalue weighted by molar-refractivity contribution is -0.146. The van der Waals surface area contributed by atoms with E-state index in [1.54, 1.807) is 0 Å². The summed E-state index contributed by atoms with van der Waals surface area (Å²) in [6.45, 7) is 15.1. The standard InChI is InChI=1S/C23H33NO3/c1-16(2)24(17(3)4)9-10-26-21-8-6-7-19(12-21)14-23-13-18(5)11-20(23)15-27-22(23)25/h6-8,12,16-17,20H,5,9-11,13-15H2,1-4H3. The van der Waals surface area contributed by atoms with Crippen LogP contribution in [0.3, 0.4) is 0 Å². The van der Waals surface area contributed by atoms with Gasteiger partial charge in [0.2, 0.25) is 0 Å². The second-order valence-corrected chi connectivity index (χ2v) is 8.68. The molecular formula is C23H33NO3. The molecule has 0 radical (unpaired) electrons. The van der Waals surface area contributed by atoms with Gasteiger partial charge >= 0.3 is 5.97 Å². The minimum absolute atomic E-state index is 0.0537. The summed E-state index contributed by atoms with van der Waals surface area (Å²) in [5, 5.41) is 0. The molecule has 3 rings (SSSR count). The first kappa shape index (κ1) is 19.9. The van der Waals surface area contributed by atoms with E-state index in [2.05, 4.69) is 51.3 Å². The Hall–Kier alpha value is -1.81. The van der Waals surface area contributed by atoms with Crippen molar-refractivity contribution in [3.63, 3.8) is 0 Å². The van der Waals surface area contributed by atoms with Gasteiger partial charge in [-0.05, 0) is 64.7 Å². The summed E-state index contributed by atoms with van der Waals surface area (Å²) in [7, 11) is 0. The number of carbonyl (C=O) groups is 1. The van der Waals surface area contributed by atoms with Crippen LogP contribution in [0.2, 0.25) is 0 Å². The topological polar surface area (TPSA) is 38.8 Å². The van der Waals surface area contributed by atoms with Gasteiger partial charge in [0.15, 0.2) is 0 Å². The first-order valence-corrected chi connectivity index (χ1v) is 10.1. The minimum atomic E-state index is -0.415. The Morgan fingerprint density at radius 1 is 1.30 bits per heavy atom. The number of rotatable bonds is 8. The highest BCUT2D eigenvalue weighted by molar-refractivity contribution is 5.81. The van der Waals surface area contributed by atoms with Gasteiger partial charge in [-0.2, -0.15) is 0 Å². The fourth-order valence-electron chi connectivity index (χ4n) is 4.75. The van der Waals surface area contributed by atoms with Gasteiger partial charge in [0, 0.05) is 24.5 Å². The normalized spacial score (nSPS) is 24.8. The average molecular weight is 372 g/mol. The van der Waals surface area contributed by atoms with E-state index >= 15 is 0 Å². The van der Waals surface area contributed by atoms with Gasteiger partial charge in [0.1, 0.15) is 12.4 Å². The van der Waals surface area contributed by atoms with Crippen LogP contribution in [0.1, 0.15) is 46.1 Å². The molecule has 2 aliphatic rings. The van der Waals surface area contributed by atoms with Crippen molar-refractivity contribution in [1.29, 1.82) is 0 Å². The summed E-state index contributed by atoms with van der Waals surface area (Å²) in [5.41, 5.74) is 1.89. The molecule has 4 nitrogen and oxygen atoms in total. The second-order valence-electron chi connectivity index (χ2n) is 8.68. The van der Waals surface area contributed by atoms with Crippen molar-refractivity contribution in [2.24, 2.45) is 11.3 Å². The highest BCUT2D eigenvalue weighted by Gasteiger charge is 2.55. The van der Waals surface area contributed by atoms with Gasteiger partial charge < -0.3 is 9.47 Å². The Labute approximate surface area is 163 Å². The van der Waals surface area contributed by atoms with E-state index in [0.29, 0.717) is 31.7 Å². The minimum Gasteiger partial charge on any atom is -0.492 e. The van der Waals surface area contributed by atoms with Crippen molar-refractivity contribution in [3.05, 3.63) is 42.0 Å². The molecular weight excluding hydrogens is 338 g/mol. The van der Waals surface area contributed by atoms with Crippen LogP contribution in [0.25, 0.3) is 0 Å². The van der Waals surface area contributed by atoms with E-state index in [1.165, 1.54) is 5.57 Å². The summed E-state index contributed by atoms with van der Waals surface area (Å²) >= 11 is 0. The van der Waals surface area contributed by atoms with Crippen LogP contribution in [0.4, 0.5) is 0 Å². The summed E-state index contributed by atoms with van der Waals surface area (Å²) in [4.78, 5) is 14.9. The van der Waals surface area contributed by atoms with Gasteiger partial charge in [-0.1, -0.05) is 24.3 Å². The average Bonchev–Trinajstić information content (AvgIpc) is 3.06. The third kappa shape index (κ3) is 4.21. The highest BCUT2D eigenvalue weighted by Crippen LogP contribution is 2.52. The van der Waals surface area contributed by atoms with Crippen molar-refractivity contribution in [2.45, 2.75) is 59.0 Å². The van der Waals surface area contributed by atoms with Crippen LogP contribution in [0.5, 0.6) is 5.75 Å². The van der Waals surface area contributed by atoms with Crippen LogP contribution in [0, 0.1) is 11.3 Å². The zero-order valence-electron chi connectivity index (χ0n) is 17.2. The van der Waals surface area contributed by atoms with Gasteiger partial charge in [0.05, 0.1) is 12.0 Å². The molecule has 1 heterocycles. The molecule has 1 aliphatic heterocycles. The van der Waals surface area contributed by atoms with Crippen molar-refractivity contribution >= 4 is 5.97 Å². The van der Waals surface area contributed by atoms with Crippen molar-refractivity contribution in [3.8, 4) is 5.75 Å². The van der Waals surface area contributed by atoms with Crippen molar-refractivity contribution in [1.82, 2.24) is 4.90 Å². The van der Waals surface area contributed by atoms with Crippen LogP contribution in [0.15, 0.2) is 36.4 Å². The molecule has 0 amide bonds. The van der Waals surface area contributed by atoms with Crippen LogP contribution >= 0.6 is 0 Å². The number of nitrogens with zero attached hydrogens (tertiary/aromatic N) is 1. The summed E-state index contributed by atoms with van der Waals surface area (Å²) in [6.07, 6.45) is 2.36. The van der Waals surface area contributed by atoms with Crippen LogP contribution in [-0.4, -0.2) is 42.7 Å². The number of cyclic esters (lactones) is 1. The number of fused-ring (bicyclic) bond motifs is 1. The first-order chi connectivity index (χ1) is 12.8. The largest absolute Gasteiger partial charge is 0.492 e. The molecule has 4 heteroatoms. The monoisotopic (exact) mass is 371 g/mol. The quantitative estimate of drug-likeness (QED) is 0.506. The van der Waals surface area contributed by atoms with E-state index in [1.807, 2.05) is 12.1 Å². The number of benzene rings is 1. The molecule has 1 aromatic rings. The number of hydrogen-bond acceptors (Lipinski definition) is 4. The molecule has 1 saturated carbocycles. The molecule has 2 fully saturated rings. The molecule has 148 valence electrons. The zero-order chi connectivity index (χ0) is 19.6. The predicted octanol–water partition coefficient (Wildman–Crippen LogP) is 4.24. The van der Waals surface area contributed by atoms with Crippen LogP contribution in [-0.2, 0) is 16.0 Å². The first-order valence-electron chi connectivity index (χ1n) is 10.1. The van der Waals surface area contributed by atoms with Gasteiger partial charge in [-0.25, -0.2) is 0 Å². The lowest BCUT2D eigenvalue weighted by Gasteiger charge is -2.30. The Balaban J connectivity index is 1.64. The number of allylic oxidation sites excluding steroid dienone is 1. The Bertz CT molecular complexity index is 689. The van der Waals surface area contributed by atoms with Gasteiger partial charge in [-0.3, -0.25) is 9.69 Å². The molecule has 0 bridgehead atoms. The molecule has 1 saturated heterocycles. The maximum Gasteiger partial charge on any atom is 0.313 e. The molecule has 2 atom stereocenters. The van der Waals surface area contributed by atoms with E-state index in [-0.39, 0.29) is 11.9 Å². The number of hydrogen-bond donors (Lipinski definition) is 0. The molecule has 1 aliphatic carbocycles. The smallest absolute Gasteiger partial charge is 0.313 e. The number of ether oxygens (including phenoxy) is 2. The molecule has 1 aromatic carbocycles. The fraction of sp³-hybridized carbons (Fsp3) is 0.609. The van der Waals surface area contributed by atoms with Crippen LogP contribution < -0.4 is 4.74 Å². The number of esters is 1. The lowest BCUT2D eigenvalue weighted by Crippen LogP contribution is -2.39.